The zero-order valence-corrected chi connectivity index (χ0v) is 13.5. The molecule has 0 heterocycles. The number of ether oxygens (including phenoxy) is 1. The molecule has 4 nitrogen and oxygen atoms in total. The van der Waals surface area contributed by atoms with Crippen molar-refractivity contribution in [3.05, 3.63) is 29.8 Å². The molecule has 1 unspecified atom stereocenters. The Bertz CT molecular complexity index is 577. The van der Waals surface area contributed by atoms with E-state index in [2.05, 4.69) is 5.32 Å². The van der Waals surface area contributed by atoms with E-state index in [0.29, 0.717) is 0 Å². The smallest absolute Gasteiger partial charge is 0.418 e. The molecular formula is C16H20F3NO3. The summed E-state index contributed by atoms with van der Waals surface area (Å²) in [6, 6.07) is 4.61. The van der Waals surface area contributed by atoms with Gasteiger partial charge in [0, 0.05) is 0 Å². The number of rotatable bonds is 4. The van der Waals surface area contributed by atoms with Crippen molar-refractivity contribution in [1.82, 2.24) is 0 Å². The van der Waals surface area contributed by atoms with Crippen LogP contribution in [0.2, 0.25) is 0 Å². The van der Waals surface area contributed by atoms with Gasteiger partial charge in [-0.15, -0.1) is 0 Å². The van der Waals surface area contributed by atoms with E-state index in [1.54, 1.807) is 0 Å². The van der Waals surface area contributed by atoms with Crippen molar-refractivity contribution in [3.63, 3.8) is 0 Å². The van der Waals surface area contributed by atoms with Crippen molar-refractivity contribution < 1.29 is 27.5 Å². The second-order valence-electron chi connectivity index (χ2n) is 6.40. The van der Waals surface area contributed by atoms with Crippen LogP contribution >= 0.6 is 0 Å². The van der Waals surface area contributed by atoms with E-state index in [9.17, 15) is 22.8 Å². The number of halogens is 3. The minimum Gasteiger partial charge on any atom is -0.453 e. The SMILES string of the molecule is CC(OC(=O)CC(C)(C)C)C(=O)Nc1ccccc1C(F)(F)F. The minimum absolute atomic E-state index is 0.101. The molecule has 0 aliphatic carbocycles. The first-order valence-corrected chi connectivity index (χ1v) is 7.07. The molecule has 23 heavy (non-hydrogen) atoms. The van der Waals surface area contributed by atoms with Gasteiger partial charge in [0.2, 0.25) is 0 Å². The first-order chi connectivity index (χ1) is 10.4. The van der Waals surface area contributed by atoms with Gasteiger partial charge in [0.1, 0.15) is 0 Å². The zero-order valence-electron chi connectivity index (χ0n) is 13.5. The Balaban J connectivity index is 2.75. The number of esters is 1. The van der Waals surface area contributed by atoms with Gasteiger partial charge in [0.25, 0.3) is 5.91 Å². The second kappa shape index (κ2) is 7.02. The number of hydrogen-bond acceptors (Lipinski definition) is 3. The van der Waals surface area contributed by atoms with Crippen LogP contribution in [0.1, 0.15) is 39.7 Å². The lowest BCUT2D eigenvalue weighted by atomic mass is 9.92. The first kappa shape index (κ1) is 19.0. The highest BCUT2D eigenvalue weighted by molar-refractivity contribution is 5.95. The van der Waals surface area contributed by atoms with Crippen molar-refractivity contribution in [2.45, 2.75) is 46.4 Å². The quantitative estimate of drug-likeness (QED) is 0.848. The third kappa shape index (κ3) is 6.30. The molecule has 0 radical (unpaired) electrons. The standard InChI is InChI=1S/C16H20F3NO3/c1-10(23-13(21)9-15(2,3)4)14(22)20-12-8-6-5-7-11(12)16(17,18)19/h5-8,10H,9H2,1-4H3,(H,20,22). The average Bonchev–Trinajstić information content (AvgIpc) is 2.35. The fourth-order valence-corrected chi connectivity index (χ4v) is 1.80. The Kier molecular flexibility index (Phi) is 5.80. The van der Waals surface area contributed by atoms with E-state index < -0.39 is 29.7 Å². The first-order valence-electron chi connectivity index (χ1n) is 7.07. The van der Waals surface area contributed by atoms with Crippen molar-refractivity contribution >= 4 is 17.6 Å². The van der Waals surface area contributed by atoms with Gasteiger partial charge in [0.05, 0.1) is 17.7 Å². The van der Waals surface area contributed by atoms with Gasteiger partial charge < -0.3 is 10.1 Å². The normalized spacial score (nSPS) is 13.3. The van der Waals surface area contributed by atoms with Crippen LogP contribution in [0.15, 0.2) is 24.3 Å². The lowest BCUT2D eigenvalue weighted by Crippen LogP contribution is -2.31. The molecule has 0 aromatic heterocycles. The molecule has 1 amide bonds. The van der Waals surface area contributed by atoms with E-state index in [0.717, 1.165) is 12.1 Å². The number of carbonyl (C=O) groups excluding carboxylic acids is 2. The second-order valence-corrected chi connectivity index (χ2v) is 6.40. The molecule has 1 aromatic carbocycles. The third-order valence-corrected chi connectivity index (χ3v) is 2.84. The molecule has 0 aliphatic rings. The van der Waals surface area contributed by atoms with Crippen LogP contribution in [-0.4, -0.2) is 18.0 Å². The number of alkyl halides is 3. The summed E-state index contributed by atoms with van der Waals surface area (Å²) in [7, 11) is 0. The maximum Gasteiger partial charge on any atom is 0.418 e. The van der Waals surface area contributed by atoms with Crippen LogP contribution in [0, 0.1) is 5.41 Å². The highest BCUT2D eigenvalue weighted by Crippen LogP contribution is 2.34. The molecule has 0 aliphatic heterocycles. The fourth-order valence-electron chi connectivity index (χ4n) is 1.80. The number of nitrogens with one attached hydrogen (secondary N) is 1. The highest BCUT2D eigenvalue weighted by atomic mass is 19.4. The monoisotopic (exact) mass is 331 g/mol. The zero-order chi connectivity index (χ0) is 17.8. The number of carbonyl (C=O) groups is 2. The van der Waals surface area contributed by atoms with Crippen LogP contribution in [0.5, 0.6) is 0 Å². The molecule has 0 bridgehead atoms. The lowest BCUT2D eigenvalue weighted by molar-refractivity contribution is -0.155. The number of benzene rings is 1. The van der Waals surface area contributed by atoms with Crippen LogP contribution in [0.3, 0.4) is 0 Å². The molecular weight excluding hydrogens is 311 g/mol. The number of amides is 1. The van der Waals surface area contributed by atoms with E-state index in [-0.39, 0.29) is 17.5 Å². The summed E-state index contributed by atoms with van der Waals surface area (Å²) in [5.41, 5.74) is -1.64. The van der Waals surface area contributed by atoms with Crippen molar-refractivity contribution in [2.75, 3.05) is 5.32 Å². The molecule has 0 saturated heterocycles. The van der Waals surface area contributed by atoms with Gasteiger partial charge in [-0.1, -0.05) is 32.9 Å². The summed E-state index contributed by atoms with van der Waals surface area (Å²) < 4.78 is 43.5. The van der Waals surface area contributed by atoms with Crippen LogP contribution in [0.4, 0.5) is 18.9 Å². The molecule has 1 atom stereocenters. The lowest BCUT2D eigenvalue weighted by Gasteiger charge is -2.20. The van der Waals surface area contributed by atoms with Gasteiger partial charge in [-0.3, -0.25) is 9.59 Å². The molecule has 1 rings (SSSR count). The molecule has 128 valence electrons. The number of hydrogen-bond donors (Lipinski definition) is 1. The summed E-state index contributed by atoms with van der Waals surface area (Å²) in [6.45, 7) is 6.81. The van der Waals surface area contributed by atoms with E-state index in [1.165, 1.54) is 19.1 Å². The van der Waals surface area contributed by atoms with Crippen LogP contribution in [0.25, 0.3) is 0 Å². The van der Waals surface area contributed by atoms with Gasteiger partial charge in [-0.25, -0.2) is 0 Å². The minimum atomic E-state index is -4.59. The summed E-state index contributed by atoms with van der Waals surface area (Å²) in [5.74, 6) is -1.40. The Morgan fingerprint density at radius 1 is 1.17 bits per heavy atom. The maximum atomic E-state index is 12.9. The van der Waals surface area contributed by atoms with Crippen LogP contribution in [-0.2, 0) is 20.5 Å². The van der Waals surface area contributed by atoms with E-state index in [4.69, 9.17) is 4.74 Å². The van der Waals surface area contributed by atoms with E-state index in [1.807, 2.05) is 20.8 Å². The van der Waals surface area contributed by atoms with Gasteiger partial charge in [-0.05, 0) is 24.5 Å². The van der Waals surface area contributed by atoms with Gasteiger partial charge in [-0.2, -0.15) is 13.2 Å². The molecule has 1 aromatic rings. The van der Waals surface area contributed by atoms with Gasteiger partial charge in [0.15, 0.2) is 6.10 Å². The van der Waals surface area contributed by atoms with Crippen molar-refractivity contribution in [2.24, 2.45) is 5.41 Å². The molecule has 7 heteroatoms. The average molecular weight is 331 g/mol. The molecule has 0 saturated carbocycles. The van der Waals surface area contributed by atoms with Crippen molar-refractivity contribution in [3.8, 4) is 0 Å². The molecule has 0 spiro atoms. The maximum absolute atomic E-state index is 12.9. The van der Waals surface area contributed by atoms with Crippen LogP contribution < -0.4 is 5.32 Å². The third-order valence-electron chi connectivity index (χ3n) is 2.84. The van der Waals surface area contributed by atoms with Gasteiger partial charge >= 0.3 is 12.1 Å². The highest BCUT2D eigenvalue weighted by Gasteiger charge is 2.34. The van der Waals surface area contributed by atoms with Crippen molar-refractivity contribution in [1.29, 1.82) is 0 Å². The Labute approximate surface area is 133 Å². The fraction of sp³-hybridized carbons (Fsp3) is 0.500. The largest absolute Gasteiger partial charge is 0.453 e. The van der Waals surface area contributed by atoms with E-state index >= 15 is 0 Å². The Hall–Kier alpha value is -2.05. The predicted octanol–water partition coefficient (Wildman–Crippen LogP) is 4.01. The predicted molar refractivity (Wildman–Crippen MR) is 79.7 cm³/mol. The Morgan fingerprint density at radius 2 is 1.74 bits per heavy atom. The summed E-state index contributed by atoms with van der Waals surface area (Å²) in [6.07, 6.45) is -5.68. The summed E-state index contributed by atoms with van der Waals surface area (Å²) in [5, 5.41) is 2.15. The summed E-state index contributed by atoms with van der Waals surface area (Å²) in [4.78, 5) is 23.6. The number of para-hydroxylation sites is 1. The number of anilines is 1. The summed E-state index contributed by atoms with van der Waals surface area (Å²) >= 11 is 0. The molecule has 0 fully saturated rings. The molecule has 1 N–H and O–H groups in total. The Morgan fingerprint density at radius 3 is 2.26 bits per heavy atom. The topological polar surface area (TPSA) is 55.4 Å².